The molecule has 2 aliphatic rings. The molecule has 1 aliphatic carbocycles. The van der Waals surface area contributed by atoms with Crippen LogP contribution in [0.15, 0.2) is 30.5 Å². The van der Waals surface area contributed by atoms with Gasteiger partial charge in [-0.1, -0.05) is 51.8 Å². The molecule has 1 aromatic heterocycles. The van der Waals surface area contributed by atoms with Crippen LogP contribution >= 0.6 is 0 Å². The largest absolute Gasteiger partial charge is 0.350 e. The van der Waals surface area contributed by atoms with Gasteiger partial charge in [-0.15, -0.1) is 0 Å². The van der Waals surface area contributed by atoms with Crippen LogP contribution in [0.25, 0.3) is 10.9 Å². The molecule has 1 amide bonds. The summed E-state index contributed by atoms with van der Waals surface area (Å²) in [6.45, 7) is 7.84. The second-order valence-electron chi connectivity index (χ2n) is 9.84. The predicted octanol–water partition coefficient (Wildman–Crippen LogP) is 5.42. The Morgan fingerprint density at radius 1 is 1.19 bits per heavy atom. The summed E-state index contributed by atoms with van der Waals surface area (Å²) in [5, 5.41) is 1.28. The van der Waals surface area contributed by atoms with Gasteiger partial charge in [0.05, 0.1) is 0 Å². The number of aryl methyl sites for hydroxylation is 1. The van der Waals surface area contributed by atoms with E-state index >= 15 is 0 Å². The van der Waals surface area contributed by atoms with E-state index in [1.807, 2.05) is 0 Å². The Morgan fingerprint density at radius 2 is 1.93 bits per heavy atom. The topological polar surface area (TPSA) is 25.2 Å². The molecular formula is C24H34N2O. The van der Waals surface area contributed by atoms with Crippen molar-refractivity contribution in [2.24, 2.45) is 12.5 Å². The summed E-state index contributed by atoms with van der Waals surface area (Å²) in [6.07, 6.45) is 10.3. The van der Waals surface area contributed by atoms with Crippen molar-refractivity contribution in [1.29, 1.82) is 0 Å². The maximum atomic E-state index is 13.4. The monoisotopic (exact) mass is 366 g/mol. The van der Waals surface area contributed by atoms with Crippen molar-refractivity contribution in [3.05, 3.63) is 36.0 Å². The van der Waals surface area contributed by atoms with Crippen molar-refractivity contribution in [3.8, 4) is 0 Å². The molecule has 0 bridgehead atoms. The molecule has 1 saturated carbocycles. The first kappa shape index (κ1) is 18.6. The Hall–Kier alpha value is -1.77. The number of fused-ring (bicyclic) bond motifs is 2. The molecule has 0 spiro atoms. The van der Waals surface area contributed by atoms with Gasteiger partial charge in [0.2, 0.25) is 5.91 Å². The zero-order valence-electron chi connectivity index (χ0n) is 17.4. The number of likely N-dealkylation sites (tertiary alicyclic amines) is 1. The van der Waals surface area contributed by atoms with Gasteiger partial charge in [0.25, 0.3) is 0 Å². The summed E-state index contributed by atoms with van der Waals surface area (Å²) in [4.78, 5) is 15.7. The SMILES string of the molecule is Cn1cc(C(C)(C)CC(=O)N2CCCC3(C)CCCCC23)c2ccccc21. The van der Waals surface area contributed by atoms with E-state index in [0.717, 1.165) is 13.0 Å². The van der Waals surface area contributed by atoms with Gasteiger partial charge >= 0.3 is 0 Å². The number of benzene rings is 1. The van der Waals surface area contributed by atoms with E-state index in [9.17, 15) is 4.79 Å². The van der Waals surface area contributed by atoms with Gasteiger partial charge in [0.1, 0.15) is 0 Å². The second kappa shape index (κ2) is 6.68. The molecule has 1 aliphatic heterocycles. The lowest BCUT2D eigenvalue weighted by atomic mass is 9.66. The fourth-order valence-electron chi connectivity index (χ4n) is 5.77. The van der Waals surface area contributed by atoms with Gasteiger partial charge in [-0.05, 0) is 42.7 Å². The normalized spacial score (nSPS) is 26.2. The van der Waals surface area contributed by atoms with Crippen LogP contribution in [-0.2, 0) is 17.3 Å². The minimum absolute atomic E-state index is 0.166. The number of hydrogen-bond acceptors (Lipinski definition) is 1. The quantitative estimate of drug-likeness (QED) is 0.712. The van der Waals surface area contributed by atoms with Crippen molar-refractivity contribution in [2.45, 2.75) is 77.2 Å². The molecule has 0 radical (unpaired) electrons. The van der Waals surface area contributed by atoms with Crippen LogP contribution < -0.4 is 0 Å². The predicted molar refractivity (Wildman–Crippen MR) is 112 cm³/mol. The number of amides is 1. The zero-order chi connectivity index (χ0) is 19.2. The Bertz CT molecular complexity index is 845. The number of rotatable bonds is 3. The summed E-state index contributed by atoms with van der Waals surface area (Å²) in [7, 11) is 2.10. The van der Waals surface area contributed by atoms with E-state index in [0.29, 0.717) is 23.8 Å². The maximum Gasteiger partial charge on any atom is 0.223 e. The van der Waals surface area contributed by atoms with Gasteiger partial charge in [0, 0.05) is 48.6 Å². The molecule has 146 valence electrons. The summed E-state index contributed by atoms with van der Waals surface area (Å²) in [5.74, 6) is 0.353. The molecule has 2 fully saturated rings. The minimum Gasteiger partial charge on any atom is -0.350 e. The first-order valence-electron chi connectivity index (χ1n) is 10.7. The summed E-state index contributed by atoms with van der Waals surface area (Å²) < 4.78 is 2.19. The molecule has 2 unspecified atom stereocenters. The van der Waals surface area contributed by atoms with E-state index < -0.39 is 0 Å². The number of nitrogens with zero attached hydrogens (tertiary/aromatic N) is 2. The van der Waals surface area contributed by atoms with Gasteiger partial charge in [-0.2, -0.15) is 0 Å². The fraction of sp³-hybridized carbons (Fsp3) is 0.625. The molecule has 1 aromatic carbocycles. The molecule has 27 heavy (non-hydrogen) atoms. The van der Waals surface area contributed by atoms with Crippen LogP contribution in [0.1, 0.15) is 71.3 Å². The van der Waals surface area contributed by atoms with Gasteiger partial charge in [-0.25, -0.2) is 0 Å². The molecule has 2 atom stereocenters. The molecule has 2 heterocycles. The molecular weight excluding hydrogens is 332 g/mol. The summed E-state index contributed by atoms with van der Waals surface area (Å²) >= 11 is 0. The summed E-state index contributed by atoms with van der Waals surface area (Å²) in [6, 6.07) is 8.99. The van der Waals surface area contributed by atoms with Crippen LogP contribution in [-0.4, -0.2) is 28.0 Å². The third-order valence-electron chi connectivity index (χ3n) is 7.34. The average Bonchev–Trinajstić information content (AvgIpc) is 2.98. The van der Waals surface area contributed by atoms with Crippen LogP contribution in [0, 0.1) is 5.41 Å². The molecule has 3 nitrogen and oxygen atoms in total. The van der Waals surface area contributed by atoms with E-state index in [1.165, 1.54) is 48.6 Å². The van der Waals surface area contributed by atoms with Crippen LogP contribution in [0.5, 0.6) is 0 Å². The molecule has 0 N–H and O–H groups in total. The minimum atomic E-state index is -0.166. The standard InChI is InChI=1S/C24H34N2O/c1-23(2,19-17-25(4)20-11-6-5-10-18(19)20)16-22(27)26-15-9-14-24(3)13-8-7-12-21(24)26/h5-6,10-11,17,21H,7-9,12-16H2,1-4H3. The zero-order valence-corrected chi connectivity index (χ0v) is 17.4. The smallest absolute Gasteiger partial charge is 0.223 e. The van der Waals surface area contributed by atoms with Gasteiger partial charge < -0.3 is 9.47 Å². The number of aromatic nitrogens is 1. The highest BCUT2D eigenvalue weighted by atomic mass is 16.2. The molecule has 3 heteroatoms. The number of carbonyl (C=O) groups excluding carboxylic acids is 1. The van der Waals surface area contributed by atoms with Crippen molar-refractivity contribution >= 4 is 16.8 Å². The highest BCUT2D eigenvalue weighted by Gasteiger charge is 2.44. The third-order valence-corrected chi connectivity index (χ3v) is 7.34. The lowest BCUT2D eigenvalue weighted by Crippen LogP contribution is -2.55. The van der Waals surface area contributed by atoms with Crippen LogP contribution in [0.2, 0.25) is 0 Å². The maximum absolute atomic E-state index is 13.4. The highest BCUT2D eigenvalue weighted by molar-refractivity contribution is 5.86. The lowest BCUT2D eigenvalue weighted by Gasteiger charge is -2.51. The highest BCUT2D eigenvalue weighted by Crippen LogP contribution is 2.46. The molecule has 2 aromatic rings. The van der Waals surface area contributed by atoms with E-state index in [4.69, 9.17) is 0 Å². The Balaban J connectivity index is 1.59. The number of para-hydroxylation sites is 1. The lowest BCUT2D eigenvalue weighted by molar-refractivity contribution is -0.142. The number of piperidine rings is 1. The summed E-state index contributed by atoms with van der Waals surface area (Å²) in [5.41, 5.74) is 2.71. The van der Waals surface area contributed by atoms with Crippen LogP contribution in [0.3, 0.4) is 0 Å². The number of hydrogen-bond donors (Lipinski definition) is 0. The average molecular weight is 367 g/mol. The second-order valence-corrected chi connectivity index (χ2v) is 9.84. The Morgan fingerprint density at radius 3 is 2.74 bits per heavy atom. The number of carbonyl (C=O) groups is 1. The van der Waals surface area contributed by atoms with Crippen molar-refractivity contribution in [3.63, 3.8) is 0 Å². The van der Waals surface area contributed by atoms with Gasteiger partial charge in [0.15, 0.2) is 0 Å². The van der Waals surface area contributed by atoms with Gasteiger partial charge in [-0.3, -0.25) is 4.79 Å². The molecule has 4 rings (SSSR count). The van der Waals surface area contributed by atoms with Crippen molar-refractivity contribution in [2.75, 3.05) is 6.54 Å². The molecule has 1 saturated heterocycles. The van der Waals surface area contributed by atoms with Crippen LogP contribution in [0.4, 0.5) is 0 Å². The first-order valence-corrected chi connectivity index (χ1v) is 10.7. The third kappa shape index (κ3) is 3.19. The van der Waals surface area contributed by atoms with E-state index in [2.05, 4.69) is 67.7 Å². The first-order chi connectivity index (χ1) is 12.8. The van der Waals surface area contributed by atoms with E-state index in [-0.39, 0.29) is 5.41 Å². The fourth-order valence-corrected chi connectivity index (χ4v) is 5.77. The Labute approximate surface area is 163 Å². The van der Waals surface area contributed by atoms with E-state index in [1.54, 1.807) is 0 Å². The Kier molecular flexibility index (Phi) is 4.60. The van der Waals surface area contributed by atoms with Crippen molar-refractivity contribution in [1.82, 2.24) is 9.47 Å². The van der Waals surface area contributed by atoms with Crippen molar-refractivity contribution < 1.29 is 4.79 Å².